The summed E-state index contributed by atoms with van der Waals surface area (Å²) in [6.45, 7) is 5.76. The van der Waals surface area contributed by atoms with Gasteiger partial charge in [-0.2, -0.15) is 0 Å². The van der Waals surface area contributed by atoms with E-state index in [1.165, 1.54) is 6.07 Å². The van der Waals surface area contributed by atoms with Gasteiger partial charge in [0.2, 0.25) is 0 Å². The van der Waals surface area contributed by atoms with Crippen molar-refractivity contribution in [2.24, 2.45) is 0 Å². The first-order chi connectivity index (χ1) is 14.9. The number of piperazine rings is 1. The van der Waals surface area contributed by atoms with Gasteiger partial charge in [-0.25, -0.2) is 4.79 Å². The summed E-state index contributed by atoms with van der Waals surface area (Å²) in [6.07, 6.45) is 0. The molecule has 0 spiro atoms. The van der Waals surface area contributed by atoms with Crippen molar-refractivity contribution in [3.05, 3.63) is 69.3 Å². The predicted molar refractivity (Wildman–Crippen MR) is 116 cm³/mol. The van der Waals surface area contributed by atoms with Crippen molar-refractivity contribution in [1.29, 1.82) is 0 Å². The normalized spacial score (nSPS) is 14.2. The molecule has 1 aliphatic heterocycles. The van der Waals surface area contributed by atoms with Crippen LogP contribution in [0.25, 0.3) is 0 Å². The summed E-state index contributed by atoms with van der Waals surface area (Å²) in [5.41, 5.74) is 1.68. The van der Waals surface area contributed by atoms with Gasteiger partial charge >= 0.3 is 5.97 Å². The molecule has 1 fully saturated rings. The van der Waals surface area contributed by atoms with Crippen LogP contribution in [-0.2, 0) is 11.3 Å². The number of nitro benzene ring substituents is 1. The lowest BCUT2D eigenvalue weighted by molar-refractivity contribution is -0.384. The lowest BCUT2D eigenvalue weighted by Crippen LogP contribution is -2.45. The first kappa shape index (κ1) is 22.2. The van der Waals surface area contributed by atoms with Crippen LogP contribution >= 0.6 is 0 Å². The smallest absolute Gasteiger partial charge is 0.338 e. The summed E-state index contributed by atoms with van der Waals surface area (Å²) in [6, 6.07) is 11.4. The van der Waals surface area contributed by atoms with Crippen LogP contribution in [0.2, 0.25) is 0 Å². The maximum atomic E-state index is 12.7. The van der Waals surface area contributed by atoms with Crippen LogP contribution in [-0.4, -0.2) is 61.5 Å². The van der Waals surface area contributed by atoms with Crippen molar-refractivity contribution < 1.29 is 19.2 Å². The summed E-state index contributed by atoms with van der Waals surface area (Å²) in [5.74, 6) is -1.21. The Morgan fingerprint density at radius 1 is 1.10 bits per heavy atom. The monoisotopic (exact) mass is 426 g/mol. The molecule has 0 saturated carbocycles. The molecule has 9 nitrogen and oxygen atoms in total. The van der Waals surface area contributed by atoms with Gasteiger partial charge in [0.05, 0.1) is 17.1 Å². The molecule has 9 heteroatoms. The van der Waals surface area contributed by atoms with Gasteiger partial charge in [-0.05, 0) is 31.7 Å². The molecule has 1 aliphatic rings. The Labute approximate surface area is 180 Å². The molecule has 1 heterocycles. The molecule has 1 N–H and O–H groups in total. The molecule has 1 amide bonds. The molecule has 0 radical (unpaired) electrons. The average Bonchev–Trinajstić information content (AvgIpc) is 2.78. The summed E-state index contributed by atoms with van der Waals surface area (Å²) < 4.78 is 4.91. The van der Waals surface area contributed by atoms with E-state index >= 15 is 0 Å². The van der Waals surface area contributed by atoms with E-state index in [2.05, 4.69) is 22.2 Å². The molecule has 164 valence electrons. The maximum absolute atomic E-state index is 12.7. The van der Waals surface area contributed by atoms with E-state index in [1.807, 2.05) is 24.3 Å². The number of nitro groups is 1. The molecule has 31 heavy (non-hydrogen) atoms. The molecule has 0 unspecified atom stereocenters. The lowest BCUT2D eigenvalue weighted by atomic mass is 10.1. The zero-order valence-electron chi connectivity index (χ0n) is 17.7. The van der Waals surface area contributed by atoms with Crippen LogP contribution < -0.4 is 10.2 Å². The van der Waals surface area contributed by atoms with E-state index in [1.54, 1.807) is 6.92 Å². The third kappa shape index (κ3) is 5.58. The van der Waals surface area contributed by atoms with Crippen LogP contribution in [0.1, 0.15) is 33.2 Å². The number of anilines is 1. The fraction of sp³-hybridized carbons (Fsp3) is 0.364. The fourth-order valence-electron chi connectivity index (χ4n) is 3.47. The third-order valence-electron chi connectivity index (χ3n) is 5.18. The van der Waals surface area contributed by atoms with E-state index in [0.29, 0.717) is 0 Å². The van der Waals surface area contributed by atoms with Crippen LogP contribution in [0.3, 0.4) is 0 Å². The van der Waals surface area contributed by atoms with E-state index < -0.39 is 16.8 Å². The summed E-state index contributed by atoms with van der Waals surface area (Å²) in [7, 11) is 2.09. The highest BCUT2D eigenvalue weighted by molar-refractivity contribution is 5.99. The minimum absolute atomic E-state index is 0.0287. The van der Waals surface area contributed by atoms with E-state index in [4.69, 9.17) is 4.74 Å². The number of carbonyl (C=O) groups is 2. The zero-order chi connectivity index (χ0) is 22.4. The minimum Gasteiger partial charge on any atom is -0.462 e. The van der Waals surface area contributed by atoms with Gasteiger partial charge in [0.25, 0.3) is 11.6 Å². The molecule has 0 aromatic heterocycles. The Kier molecular flexibility index (Phi) is 7.19. The van der Waals surface area contributed by atoms with Gasteiger partial charge in [0, 0.05) is 56.1 Å². The van der Waals surface area contributed by atoms with Gasteiger partial charge in [-0.3, -0.25) is 14.9 Å². The molecular weight excluding hydrogens is 400 g/mol. The number of ether oxygens (including phenoxy) is 1. The van der Waals surface area contributed by atoms with Gasteiger partial charge in [-0.1, -0.05) is 18.2 Å². The number of hydrogen-bond acceptors (Lipinski definition) is 7. The average molecular weight is 426 g/mol. The minimum atomic E-state index is -0.708. The molecule has 2 aromatic rings. The Hall–Kier alpha value is -3.46. The van der Waals surface area contributed by atoms with Crippen LogP contribution in [0.15, 0.2) is 42.5 Å². The highest BCUT2D eigenvalue weighted by Crippen LogP contribution is 2.22. The van der Waals surface area contributed by atoms with Crippen molar-refractivity contribution in [3.8, 4) is 0 Å². The zero-order valence-corrected chi connectivity index (χ0v) is 17.7. The first-order valence-electron chi connectivity index (χ1n) is 10.1. The topological polar surface area (TPSA) is 105 Å². The number of para-hydroxylation sites is 1. The molecular formula is C22H26N4O5. The lowest BCUT2D eigenvalue weighted by Gasteiger charge is -2.35. The number of nitrogens with one attached hydrogen (secondary N) is 1. The highest BCUT2D eigenvalue weighted by atomic mass is 16.6. The van der Waals surface area contributed by atoms with E-state index in [-0.39, 0.29) is 30.0 Å². The molecule has 0 atom stereocenters. The third-order valence-corrected chi connectivity index (χ3v) is 5.18. The van der Waals surface area contributed by atoms with Gasteiger partial charge in [0.1, 0.15) is 0 Å². The Morgan fingerprint density at radius 2 is 1.77 bits per heavy atom. The van der Waals surface area contributed by atoms with Gasteiger partial charge in [-0.15, -0.1) is 0 Å². The number of carbonyl (C=O) groups excluding carboxylic acids is 2. The molecule has 2 aromatic carbocycles. The Balaban J connectivity index is 1.77. The number of esters is 1. The van der Waals surface area contributed by atoms with Crippen molar-refractivity contribution in [2.75, 3.05) is 44.7 Å². The quantitative estimate of drug-likeness (QED) is 0.412. The van der Waals surface area contributed by atoms with E-state index in [9.17, 15) is 19.7 Å². The standard InChI is InChI=1S/C22H26N4O5/c1-3-31-22(28)18-12-17(13-19(14-18)26(29)30)21(27)23-15-16-6-4-5-7-20(16)25-10-8-24(2)9-11-25/h4-7,12-14H,3,8-11,15H2,1-2H3,(H,23,27). The van der Waals surface area contributed by atoms with Crippen molar-refractivity contribution >= 4 is 23.3 Å². The number of amides is 1. The Morgan fingerprint density at radius 3 is 2.45 bits per heavy atom. The van der Waals surface area contributed by atoms with Gasteiger partial charge in [0.15, 0.2) is 0 Å². The number of hydrogen-bond donors (Lipinski definition) is 1. The second-order valence-electron chi connectivity index (χ2n) is 7.35. The SMILES string of the molecule is CCOC(=O)c1cc(C(=O)NCc2ccccc2N2CCN(C)CC2)cc([N+](=O)[O-])c1. The molecule has 3 rings (SSSR count). The number of likely N-dealkylation sites (N-methyl/N-ethyl adjacent to an activating group) is 1. The summed E-state index contributed by atoms with van der Waals surface area (Å²) >= 11 is 0. The molecule has 0 bridgehead atoms. The summed E-state index contributed by atoms with van der Waals surface area (Å²) in [5, 5.41) is 14.1. The highest BCUT2D eigenvalue weighted by Gasteiger charge is 2.20. The van der Waals surface area contributed by atoms with Crippen molar-refractivity contribution in [3.63, 3.8) is 0 Å². The first-order valence-corrected chi connectivity index (χ1v) is 10.1. The van der Waals surface area contributed by atoms with Crippen LogP contribution in [0, 0.1) is 10.1 Å². The second kappa shape index (κ2) is 10.0. The van der Waals surface area contributed by atoms with Crippen molar-refractivity contribution in [1.82, 2.24) is 10.2 Å². The predicted octanol–water partition coefficient (Wildman–Crippen LogP) is 2.45. The fourth-order valence-corrected chi connectivity index (χ4v) is 3.47. The number of nitrogens with zero attached hydrogens (tertiary/aromatic N) is 3. The van der Waals surface area contributed by atoms with Crippen molar-refractivity contribution in [2.45, 2.75) is 13.5 Å². The number of benzene rings is 2. The maximum Gasteiger partial charge on any atom is 0.338 e. The van der Waals surface area contributed by atoms with Crippen LogP contribution in [0.5, 0.6) is 0 Å². The Bertz CT molecular complexity index is 970. The van der Waals surface area contributed by atoms with Gasteiger partial charge < -0.3 is 19.9 Å². The number of non-ortho nitro benzene ring substituents is 1. The molecule has 0 aliphatic carbocycles. The van der Waals surface area contributed by atoms with E-state index in [0.717, 1.165) is 49.6 Å². The molecule has 1 saturated heterocycles. The van der Waals surface area contributed by atoms with Crippen LogP contribution in [0.4, 0.5) is 11.4 Å². The largest absolute Gasteiger partial charge is 0.462 e. The number of rotatable bonds is 7. The summed E-state index contributed by atoms with van der Waals surface area (Å²) in [4.78, 5) is 39.9. The second-order valence-corrected chi connectivity index (χ2v) is 7.35.